The summed E-state index contributed by atoms with van der Waals surface area (Å²) in [5.74, 6) is -0.0798. The first-order valence-electron chi connectivity index (χ1n) is 7.51. The van der Waals surface area contributed by atoms with Gasteiger partial charge in [0.25, 0.3) is 5.91 Å². The number of aryl methyl sites for hydroxylation is 2. The molecule has 0 spiro atoms. The number of hydrogen-bond acceptors (Lipinski definition) is 5. The molecule has 3 heterocycles. The van der Waals surface area contributed by atoms with Gasteiger partial charge in [0.05, 0.1) is 12.0 Å². The predicted molar refractivity (Wildman–Crippen MR) is 87.5 cm³/mol. The number of piperidine rings is 1. The summed E-state index contributed by atoms with van der Waals surface area (Å²) in [5, 5.41) is 4.36. The predicted octanol–water partition coefficient (Wildman–Crippen LogP) is 1.89. The number of rotatable bonds is 3. The van der Waals surface area contributed by atoms with Gasteiger partial charge >= 0.3 is 0 Å². The molecule has 0 radical (unpaired) electrons. The number of aromatic nitrogens is 3. The molecule has 1 fully saturated rings. The molecule has 0 aromatic carbocycles. The van der Waals surface area contributed by atoms with Gasteiger partial charge in [-0.3, -0.25) is 4.79 Å². The Bertz CT molecular complexity index is 669. The number of amides is 1. The molecule has 22 heavy (non-hydrogen) atoms. The third-order valence-corrected chi connectivity index (χ3v) is 5.29. The topological polar surface area (TPSA) is 63.1 Å². The Hall–Kier alpha value is -1.89. The smallest absolute Gasteiger partial charge is 0.271 e. The minimum atomic E-state index is -0.0798. The Balaban J connectivity index is 1.56. The second-order valence-corrected chi connectivity index (χ2v) is 6.61. The summed E-state index contributed by atoms with van der Waals surface area (Å²) in [7, 11) is 1.86. The monoisotopic (exact) mass is 319 g/mol. The van der Waals surface area contributed by atoms with Crippen molar-refractivity contribution in [2.24, 2.45) is 7.05 Å². The lowest BCUT2D eigenvalue weighted by Gasteiger charge is -2.33. The molecule has 1 aliphatic rings. The maximum atomic E-state index is 12.1. The van der Waals surface area contributed by atoms with Gasteiger partial charge in [0.1, 0.15) is 10.7 Å². The molecule has 0 saturated carbocycles. The highest BCUT2D eigenvalue weighted by Crippen LogP contribution is 2.29. The Morgan fingerprint density at radius 2 is 2.09 bits per heavy atom. The highest BCUT2D eigenvalue weighted by atomic mass is 32.1. The van der Waals surface area contributed by atoms with Crippen LogP contribution in [0.1, 0.15) is 34.6 Å². The standard InChI is InChI=1S/C15H21N5OS/c1-10-11(2)18-22-15(10)20-6-4-12(5-7-20)17-14(21)13-8-19(3)9-16-13/h8-9,12H,4-7H2,1-3H3,(H,17,21). The van der Waals surface area contributed by atoms with Gasteiger partial charge in [-0.1, -0.05) is 0 Å². The van der Waals surface area contributed by atoms with E-state index < -0.39 is 0 Å². The average Bonchev–Trinajstić information content (AvgIpc) is 3.08. The number of carbonyl (C=O) groups is 1. The van der Waals surface area contributed by atoms with E-state index in [9.17, 15) is 4.79 Å². The minimum Gasteiger partial charge on any atom is -0.362 e. The molecule has 2 aromatic heterocycles. The van der Waals surface area contributed by atoms with Crippen LogP contribution in [0.15, 0.2) is 12.5 Å². The van der Waals surface area contributed by atoms with E-state index in [2.05, 4.69) is 33.4 Å². The van der Waals surface area contributed by atoms with Crippen LogP contribution in [0.2, 0.25) is 0 Å². The minimum absolute atomic E-state index is 0.0798. The van der Waals surface area contributed by atoms with Gasteiger partial charge in [-0.15, -0.1) is 0 Å². The summed E-state index contributed by atoms with van der Waals surface area (Å²) >= 11 is 1.57. The van der Waals surface area contributed by atoms with Gasteiger partial charge in [-0.05, 0) is 38.2 Å². The molecule has 6 nitrogen and oxygen atoms in total. The van der Waals surface area contributed by atoms with Gasteiger partial charge in [-0.2, -0.15) is 4.37 Å². The van der Waals surface area contributed by atoms with Crippen LogP contribution in [0.4, 0.5) is 5.00 Å². The summed E-state index contributed by atoms with van der Waals surface area (Å²) in [6, 6.07) is 0.222. The molecule has 2 aromatic rings. The molecule has 0 bridgehead atoms. The Labute approximate surface area is 134 Å². The molecule has 1 aliphatic heterocycles. The summed E-state index contributed by atoms with van der Waals surface area (Å²) in [5.41, 5.74) is 2.88. The lowest BCUT2D eigenvalue weighted by atomic mass is 10.0. The van der Waals surface area contributed by atoms with Crippen LogP contribution in [0.5, 0.6) is 0 Å². The van der Waals surface area contributed by atoms with Crippen LogP contribution in [0.3, 0.4) is 0 Å². The van der Waals surface area contributed by atoms with Crippen LogP contribution in [-0.2, 0) is 7.05 Å². The summed E-state index contributed by atoms with van der Waals surface area (Å²) in [4.78, 5) is 18.6. The van der Waals surface area contributed by atoms with Crippen molar-refractivity contribution in [3.05, 3.63) is 29.5 Å². The molecular weight excluding hydrogens is 298 g/mol. The molecule has 0 unspecified atom stereocenters. The lowest BCUT2D eigenvalue weighted by molar-refractivity contribution is 0.0926. The highest BCUT2D eigenvalue weighted by Gasteiger charge is 2.24. The second kappa shape index (κ2) is 6.08. The Morgan fingerprint density at radius 3 is 2.64 bits per heavy atom. The molecular formula is C15H21N5OS. The molecule has 3 rings (SSSR count). The van der Waals surface area contributed by atoms with E-state index in [-0.39, 0.29) is 11.9 Å². The first-order chi connectivity index (χ1) is 10.5. The molecule has 118 valence electrons. The Kier molecular flexibility index (Phi) is 4.15. The Morgan fingerprint density at radius 1 is 1.36 bits per heavy atom. The molecule has 1 saturated heterocycles. The number of imidazole rings is 1. The highest BCUT2D eigenvalue weighted by molar-refractivity contribution is 7.10. The van der Waals surface area contributed by atoms with Gasteiger partial charge in [0.2, 0.25) is 0 Å². The zero-order valence-electron chi connectivity index (χ0n) is 13.2. The zero-order chi connectivity index (χ0) is 15.7. The van der Waals surface area contributed by atoms with Crippen LogP contribution >= 0.6 is 11.5 Å². The van der Waals surface area contributed by atoms with Crippen molar-refractivity contribution in [2.75, 3.05) is 18.0 Å². The average molecular weight is 319 g/mol. The van der Waals surface area contributed by atoms with Crippen molar-refractivity contribution in [3.63, 3.8) is 0 Å². The van der Waals surface area contributed by atoms with E-state index in [0.29, 0.717) is 5.69 Å². The molecule has 1 N–H and O–H groups in total. The van der Waals surface area contributed by atoms with E-state index in [1.807, 2.05) is 7.05 Å². The van der Waals surface area contributed by atoms with E-state index in [1.165, 1.54) is 10.6 Å². The van der Waals surface area contributed by atoms with E-state index >= 15 is 0 Å². The van der Waals surface area contributed by atoms with Crippen molar-refractivity contribution in [1.82, 2.24) is 19.2 Å². The number of anilines is 1. The number of nitrogens with zero attached hydrogens (tertiary/aromatic N) is 4. The maximum absolute atomic E-state index is 12.1. The third kappa shape index (κ3) is 2.99. The number of nitrogens with one attached hydrogen (secondary N) is 1. The van der Waals surface area contributed by atoms with Crippen LogP contribution in [0.25, 0.3) is 0 Å². The third-order valence-electron chi connectivity index (χ3n) is 4.19. The fourth-order valence-electron chi connectivity index (χ4n) is 2.71. The zero-order valence-corrected chi connectivity index (χ0v) is 14.0. The quantitative estimate of drug-likeness (QED) is 0.938. The summed E-state index contributed by atoms with van der Waals surface area (Å²) < 4.78 is 6.20. The van der Waals surface area contributed by atoms with Crippen molar-refractivity contribution in [2.45, 2.75) is 32.7 Å². The van der Waals surface area contributed by atoms with Gasteiger partial charge in [-0.25, -0.2) is 4.98 Å². The van der Waals surface area contributed by atoms with E-state index in [1.54, 1.807) is 28.6 Å². The van der Waals surface area contributed by atoms with Gasteiger partial charge < -0.3 is 14.8 Å². The van der Waals surface area contributed by atoms with Crippen molar-refractivity contribution in [1.29, 1.82) is 0 Å². The maximum Gasteiger partial charge on any atom is 0.271 e. The second-order valence-electron chi connectivity index (χ2n) is 5.86. The first-order valence-corrected chi connectivity index (χ1v) is 8.28. The fourth-order valence-corrected chi connectivity index (χ4v) is 3.66. The SMILES string of the molecule is Cc1nsc(N2CCC(NC(=O)c3cn(C)cn3)CC2)c1C. The van der Waals surface area contributed by atoms with E-state index in [4.69, 9.17) is 0 Å². The molecule has 0 aliphatic carbocycles. The molecule has 1 amide bonds. The van der Waals surface area contributed by atoms with Gasteiger partial charge in [0.15, 0.2) is 0 Å². The van der Waals surface area contributed by atoms with Gasteiger partial charge in [0, 0.05) is 37.9 Å². The lowest BCUT2D eigenvalue weighted by Crippen LogP contribution is -2.44. The largest absolute Gasteiger partial charge is 0.362 e. The van der Waals surface area contributed by atoms with Crippen molar-refractivity contribution >= 4 is 22.4 Å². The summed E-state index contributed by atoms with van der Waals surface area (Å²) in [6.45, 7) is 6.09. The normalized spacial score (nSPS) is 16.0. The molecule has 7 heteroatoms. The van der Waals surface area contributed by atoms with Crippen molar-refractivity contribution < 1.29 is 4.79 Å². The number of carbonyl (C=O) groups excluding carboxylic acids is 1. The van der Waals surface area contributed by atoms with Crippen LogP contribution in [-0.4, -0.2) is 39.0 Å². The van der Waals surface area contributed by atoms with Crippen LogP contribution in [0, 0.1) is 13.8 Å². The fraction of sp³-hybridized carbons (Fsp3) is 0.533. The first kappa shape index (κ1) is 15.0. The van der Waals surface area contributed by atoms with Crippen molar-refractivity contribution in [3.8, 4) is 0 Å². The van der Waals surface area contributed by atoms with E-state index in [0.717, 1.165) is 31.6 Å². The summed E-state index contributed by atoms with van der Waals surface area (Å²) in [6.07, 6.45) is 5.30. The van der Waals surface area contributed by atoms with Crippen LogP contribution < -0.4 is 10.2 Å². The molecule has 0 atom stereocenters. The number of hydrogen-bond donors (Lipinski definition) is 1.